The van der Waals surface area contributed by atoms with Crippen LogP contribution < -0.4 is 0 Å². The second-order valence-corrected chi connectivity index (χ2v) is 4.90. The number of carbonyl (C=O) groups excluding carboxylic acids is 1. The van der Waals surface area contributed by atoms with E-state index in [0.29, 0.717) is 18.1 Å². The predicted octanol–water partition coefficient (Wildman–Crippen LogP) is 3.90. The van der Waals surface area contributed by atoms with Crippen molar-refractivity contribution in [3.05, 3.63) is 70.8 Å². The van der Waals surface area contributed by atoms with Crippen LogP contribution in [0.2, 0.25) is 0 Å². The van der Waals surface area contributed by atoms with Gasteiger partial charge in [-0.2, -0.15) is 5.26 Å². The maximum absolute atomic E-state index is 13.6. The molecule has 1 atom stereocenters. The van der Waals surface area contributed by atoms with E-state index in [9.17, 15) is 13.6 Å². The van der Waals surface area contributed by atoms with E-state index in [1.807, 2.05) is 6.07 Å². The average molecular weight is 285 g/mol. The minimum absolute atomic E-state index is 0.0995. The van der Waals surface area contributed by atoms with E-state index in [2.05, 4.69) is 0 Å². The Morgan fingerprint density at radius 2 is 1.86 bits per heavy atom. The smallest absolute Gasteiger partial charge is 0.168 e. The van der Waals surface area contributed by atoms with Gasteiger partial charge in [-0.15, -0.1) is 0 Å². The highest BCUT2D eigenvalue weighted by Crippen LogP contribution is 2.18. The monoisotopic (exact) mass is 285 g/mol. The first-order valence-electron chi connectivity index (χ1n) is 6.49. The van der Waals surface area contributed by atoms with Gasteiger partial charge in [-0.25, -0.2) is 8.78 Å². The van der Waals surface area contributed by atoms with E-state index in [4.69, 9.17) is 5.26 Å². The molecule has 1 unspecified atom stereocenters. The van der Waals surface area contributed by atoms with Crippen molar-refractivity contribution in [2.24, 2.45) is 5.92 Å². The Morgan fingerprint density at radius 1 is 1.19 bits per heavy atom. The van der Waals surface area contributed by atoms with Gasteiger partial charge < -0.3 is 0 Å². The molecule has 106 valence electrons. The highest BCUT2D eigenvalue weighted by molar-refractivity contribution is 5.98. The van der Waals surface area contributed by atoms with E-state index in [-0.39, 0.29) is 11.3 Å². The van der Waals surface area contributed by atoms with Gasteiger partial charge in [0, 0.05) is 12.0 Å². The third-order valence-corrected chi connectivity index (χ3v) is 3.27. The van der Waals surface area contributed by atoms with Gasteiger partial charge in [0.15, 0.2) is 5.78 Å². The maximum atomic E-state index is 13.6. The van der Waals surface area contributed by atoms with Crippen molar-refractivity contribution in [1.29, 1.82) is 5.26 Å². The molecule has 0 radical (unpaired) electrons. The fraction of sp³-hybridized carbons (Fsp3) is 0.176. The zero-order valence-electron chi connectivity index (χ0n) is 11.4. The van der Waals surface area contributed by atoms with E-state index < -0.39 is 17.6 Å². The Labute approximate surface area is 121 Å². The normalized spacial score (nSPS) is 11.7. The van der Waals surface area contributed by atoms with Crippen LogP contribution >= 0.6 is 0 Å². The van der Waals surface area contributed by atoms with Gasteiger partial charge in [-0.1, -0.05) is 19.1 Å². The number of hydrogen-bond donors (Lipinski definition) is 0. The Bertz CT molecular complexity index is 702. The summed E-state index contributed by atoms with van der Waals surface area (Å²) >= 11 is 0. The van der Waals surface area contributed by atoms with Crippen LogP contribution in [0.5, 0.6) is 0 Å². The average Bonchev–Trinajstić information content (AvgIpc) is 2.47. The topological polar surface area (TPSA) is 40.9 Å². The number of carbonyl (C=O) groups is 1. The van der Waals surface area contributed by atoms with E-state index >= 15 is 0 Å². The second kappa shape index (κ2) is 6.27. The van der Waals surface area contributed by atoms with E-state index in [0.717, 1.165) is 11.6 Å². The molecule has 2 aromatic carbocycles. The van der Waals surface area contributed by atoms with Crippen LogP contribution in [0.25, 0.3) is 0 Å². The van der Waals surface area contributed by atoms with E-state index in [1.165, 1.54) is 6.07 Å². The van der Waals surface area contributed by atoms with Gasteiger partial charge >= 0.3 is 0 Å². The van der Waals surface area contributed by atoms with Gasteiger partial charge in [0.05, 0.1) is 17.2 Å². The fourth-order valence-corrected chi connectivity index (χ4v) is 2.12. The molecule has 21 heavy (non-hydrogen) atoms. The molecule has 0 aliphatic rings. The lowest BCUT2D eigenvalue weighted by Crippen LogP contribution is -2.15. The van der Waals surface area contributed by atoms with Crippen molar-refractivity contribution < 1.29 is 13.6 Å². The number of Topliss-reactive ketones (excluding diaryl/α,β-unsaturated/α-hetero) is 1. The number of nitriles is 1. The molecule has 0 aromatic heterocycles. The lowest BCUT2D eigenvalue weighted by Gasteiger charge is -2.11. The standard InChI is InChI=1S/C17H13F2NO/c1-11(8-12-2-4-13(10-20)5-3-12)17(21)15-7-6-14(18)9-16(15)19/h2-7,9,11H,8H2,1H3. The molecule has 0 aliphatic carbocycles. The second-order valence-electron chi connectivity index (χ2n) is 4.90. The lowest BCUT2D eigenvalue weighted by molar-refractivity contribution is 0.0925. The number of halogens is 2. The molecule has 0 bridgehead atoms. The quantitative estimate of drug-likeness (QED) is 0.799. The van der Waals surface area contributed by atoms with Gasteiger partial charge in [0.25, 0.3) is 0 Å². The third-order valence-electron chi connectivity index (χ3n) is 3.27. The number of nitrogens with zero attached hydrogens (tertiary/aromatic N) is 1. The SMILES string of the molecule is CC(Cc1ccc(C#N)cc1)C(=O)c1ccc(F)cc1F. The molecule has 2 rings (SSSR count). The Hall–Kier alpha value is -2.54. The number of ketones is 1. The molecule has 4 heteroatoms. The zero-order chi connectivity index (χ0) is 15.4. The highest BCUT2D eigenvalue weighted by Gasteiger charge is 2.19. The molecule has 0 amide bonds. The molecular weight excluding hydrogens is 272 g/mol. The summed E-state index contributed by atoms with van der Waals surface area (Å²) in [6.45, 7) is 1.70. The van der Waals surface area contributed by atoms with Gasteiger partial charge in [0.2, 0.25) is 0 Å². The summed E-state index contributed by atoms with van der Waals surface area (Å²) in [4.78, 5) is 12.2. The molecule has 0 saturated heterocycles. The highest BCUT2D eigenvalue weighted by atomic mass is 19.1. The van der Waals surface area contributed by atoms with Crippen LogP contribution in [0.3, 0.4) is 0 Å². The molecular formula is C17H13F2NO. The third kappa shape index (κ3) is 3.51. The van der Waals surface area contributed by atoms with E-state index in [1.54, 1.807) is 31.2 Å². The summed E-state index contributed by atoms with van der Waals surface area (Å²) in [5.74, 6) is -2.34. The summed E-state index contributed by atoms with van der Waals surface area (Å²) in [5.41, 5.74) is 1.33. The largest absolute Gasteiger partial charge is 0.294 e. The van der Waals surface area contributed by atoms with Gasteiger partial charge in [-0.05, 0) is 36.2 Å². The minimum atomic E-state index is -0.841. The number of hydrogen-bond acceptors (Lipinski definition) is 2. The molecule has 0 fully saturated rings. The zero-order valence-corrected chi connectivity index (χ0v) is 11.4. The molecule has 0 spiro atoms. The molecule has 0 saturated carbocycles. The van der Waals surface area contributed by atoms with Crippen LogP contribution in [-0.4, -0.2) is 5.78 Å². The fourth-order valence-electron chi connectivity index (χ4n) is 2.12. The molecule has 2 nitrogen and oxygen atoms in total. The molecule has 0 heterocycles. The number of benzene rings is 2. The van der Waals surface area contributed by atoms with Crippen LogP contribution in [0.4, 0.5) is 8.78 Å². The summed E-state index contributed by atoms with van der Waals surface area (Å²) in [6, 6.07) is 11.8. The summed E-state index contributed by atoms with van der Waals surface area (Å²) in [6.07, 6.45) is 0.432. The maximum Gasteiger partial charge on any atom is 0.168 e. The number of rotatable bonds is 4. The Balaban J connectivity index is 2.13. The van der Waals surface area contributed by atoms with Crippen molar-refractivity contribution in [3.63, 3.8) is 0 Å². The summed E-state index contributed by atoms with van der Waals surface area (Å²) in [7, 11) is 0. The van der Waals surface area contributed by atoms with Gasteiger partial charge in [-0.3, -0.25) is 4.79 Å². The predicted molar refractivity (Wildman–Crippen MR) is 74.7 cm³/mol. The van der Waals surface area contributed by atoms with Crippen LogP contribution in [0.15, 0.2) is 42.5 Å². The first-order chi connectivity index (χ1) is 10.0. The summed E-state index contributed by atoms with van der Waals surface area (Å²) in [5, 5.41) is 8.72. The van der Waals surface area contributed by atoms with Crippen molar-refractivity contribution in [3.8, 4) is 6.07 Å². The molecule has 0 N–H and O–H groups in total. The summed E-state index contributed by atoms with van der Waals surface area (Å²) < 4.78 is 26.5. The van der Waals surface area contributed by atoms with Crippen LogP contribution in [-0.2, 0) is 6.42 Å². The molecule has 0 aliphatic heterocycles. The van der Waals surface area contributed by atoms with Crippen molar-refractivity contribution in [1.82, 2.24) is 0 Å². The van der Waals surface area contributed by atoms with Gasteiger partial charge in [0.1, 0.15) is 11.6 Å². The molecule has 2 aromatic rings. The first-order valence-corrected chi connectivity index (χ1v) is 6.49. The Morgan fingerprint density at radius 3 is 2.43 bits per heavy atom. The lowest BCUT2D eigenvalue weighted by atomic mass is 9.92. The van der Waals surface area contributed by atoms with Crippen molar-refractivity contribution in [2.45, 2.75) is 13.3 Å². The van der Waals surface area contributed by atoms with Crippen LogP contribution in [0.1, 0.15) is 28.4 Å². The van der Waals surface area contributed by atoms with Crippen molar-refractivity contribution in [2.75, 3.05) is 0 Å². The Kier molecular flexibility index (Phi) is 4.44. The van der Waals surface area contributed by atoms with Crippen molar-refractivity contribution >= 4 is 5.78 Å². The minimum Gasteiger partial charge on any atom is -0.294 e. The van der Waals surface area contributed by atoms with Crippen LogP contribution in [0, 0.1) is 28.9 Å². The first kappa shape index (κ1) is 14.9.